The lowest BCUT2D eigenvalue weighted by Crippen LogP contribution is -2.05. The second-order valence-corrected chi connectivity index (χ2v) is 8.65. The minimum absolute atomic E-state index is 0.277. The van der Waals surface area contributed by atoms with E-state index in [1.54, 1.807) is 31.5 Å². The van der Waals surface area contributed by atoms with E-state index in [0.717, 1.165) is 52.3 Å². The van der Waals surface area contributed by atoms with Crippen LogP contribution in [0.15, 0.2) is 97.0 Å². The van der Waals surface area contributed by atoms with E-state index in [1.807, 2.05) is 24.3 Å². The summed E-state index contributed by atoms with van der Waals surface area (Å²) < 4.78 is 13.4. The molecule has 0 fully saturated rings. The predicted octanol–water partition coefficient (Wildman–Crippen LogP) is 6.82. The van der Waals surface area contributed by atoms with Crippen molar-refractivity contribution in [2.24, 2.45) is 0 Å². The van der Waals surface area contributed by atoms with Crippen LogP contribution in [0.2, 0.25) is 0 Å². The molecular weight excluding hydrogens is 437 g/mol. The third-order valence-corrected chi connectivity index (χ3v) is 5.68. The van der Waals surface area contributed by atoms with Crippen LogP contribution in [0, 0.1) is 5.82 Å². The molecule has 0 radical (unpaired) electrons. The molecule has 1 heterocycles. The van der Waals surface area contributed by atoms with Crippen LogP contribution in [0.1, 0.15) is 31.4 Å². The number of anilines is 1. The fourth-order valence-corrected chi connectivity index (χ4v) is 4.03. The van der Waals surface area contributed by atoms with Crippen molar-refractivity contribution in [3.8, 4) is 22.5 Å². The number of aliphatic hydroxyl groups is 1. The molecule has 0 aliphatic rings. The average molecular weight is 468 g/mol. The number of rotatable bonds is 9. The molecule has 3 aromatic carbocycles. The van der Waals surface area contributed by atoms with Crippen LogP contribution in [0.4, 0.5) is 10.1 Å². The van der Waals surface area contributed by atoms with Crippen molar-refractivity contribution in [3.63, 3.8) is 0 Å². The third-order valence-electron chi connectivity index (χ3n) is 5.68. The Kier molecular flexibility index (Phi) is 8.01. The molecule has 1 atom stereocenters. The van der Waals surface area contributed by atoms with E-state index in [-0.39, 0.29) is 11.9 Å². The Morgan fingerprint density at radius 2 is 1.40 bits per heavy atom. The van der Waals surface area contributed by atoms with Gasteiger partial charge in [-0.1, -0.05) is 49.4 Å². The summed E-state index contributed by atoms with van der Waals surface area (Å²) >= 11 is 0. The Morgan fingerprint density at radius 1 is 0.857 bits per heavy atom. The van der Waals surface area contributed by atoms with Gasteiger partial charge in [-0.05, 0) is 67.3 Å². The lowest BCUT2D eigenvalue weighted by atomic mass is 10.0. The molecule has 0 amide bonds. The van der Waals surface area contributed by atoms with Crippen LogP contribution in [-0.4, -0.2) is 21.2 Å². The molecule has 35 heavy (non-hydrogen) atoms. The van der Waals surface area contributed by atoms with Gasteiger partial charge in [0, 0.05) is 41.3 Å². The number of aromatic nitrogens is 2. The highest BCUT2D eigenvalue weighted by Crippen LogP contribution is 2.29. The molecule has 0 spiro atoms. The van der Waals surface area contributed by atoms with Crippen LogP contribution >= 0.6 is 0 Å². The first-order valence-electron chi connectivity index (χ1n) is 11.9. The van der Waals surface area contributed by atoms with Crippen molar-refractivity contribution < 1.29 is 9.50 Å². The van der Waals surface area contributed by atoms with E-state index in [0.29, 0.717) is 6.42 Å². The monoisotopic (exact) mass is 467 g/mol. The highest BCUT2D eigenvalue weighted by Gasteiger charge is 2.11. The molecule has 0 bridgehead atoms. The third kappa shape index (κ3) is 6.61. The van der Waals surface area contributed by atoms with Crippen molar-refractivity contribution >= 4 is 5.69 Å². The van der Waals surface area contributed by atoms with E-state index >= 15 is 0 Å². The van der Waals surface area contributed by atoms with Gasteiger partial charge in [0.1, 0.15) is 5.82 Å². The molecular formula is C30H30FN3O. The van der Waals surface area contributed by atoms with E-state index in [9.17, 15) is 9.50 Å². The Bertz CT molecular complexity index is 1260. The molecule has 5 heteroatoms. The quantitative estimate of drug-likeness (QED) is 0.284. The Labute approximate surface area is 206 Å². The van der Waals surface area contributed by atoms with E-state index in [2.05, 4.69) is 52.5 Å². The minimum atomic E-state index is -0.338. The maximum Gasteiger partial charge on any atom is 0.123 e. The minimum Gasteiger partial charge on any atom is -0.393 e. The van der Waals surface area contributed by atoms with Crippen molar-refractivity contribution in [2.45, 2.75) is 39.2 Å². The largest absolute Gasteiger partial charge is 0.393 e. The first-order chi connectivity index (χ1) is 17.0. The number of nitrogens with zero attached hydrogens (tertiary/aromatic N) is 2. The number of halogens is 1. The normalized spacial score (nSPS) is 12.4. The van der Waals surface area contributed by atoms with Gasteiger partial charge in [-0.15, -0.1) is 0 Å². The summed E-state index contributed by atoms with van der Waals surface area (Å²) in [6.07, 6.45) is 7.57. The molecule has 1 unspecified atom stereocenters. The summed E-state index contributed by atoms with van der Waals surface area (Å²) in [4.78, 5) is 9.04. The molecule has 2 N–H and O–H groups in total. The Hall–Kier alpha value is -3.83. The molecule has 0 saturated carbocycles. The van der Waals surface area contributed by atoms with Gasteiger partial charge < -0.3 is 10.4 Å². The zero-order chi connectivity index (χ0) is 24.6. The molecule has 1 aromatic heterocycles. The van der Waals surface area contributed by atoms with Gasteiger partial charge in [-0.3, -0.25) is 9.97 Å². The second-order valence-electron chi connectivity index (χ2n) is 8.65. The molecule has 0 aliphatic carbocycles. The van der Waals surface area contributed by atoms with Gasteiger partial charge >= 0.3 is 0 Å². The molecule has 4 rings (SSSR count). The Morgan fingerprint density at radius 3 is 1.94 bits per heavy atom. The van der Waals surface area contributed by atoms with Gasteiger partial charge in [0.25, 0.3) is 0 Å². The highest BCUT2D eigenvalue weighted by atomic mass is 19.1. The zero-order valence-electron chi connectivity index (χ0n) is 20.1. The number of aliphatic hydroxyl groups excluding tert-OH is 1. The summed E-state index contributed by atoms with van der Waals surface area (Å²) in [7, 11) is 0. The number of hydrogen-bond acceptors (Lipinski definition) is 4. The van der Waals surface area contributed by atoms with Crippen LogP contribution in [0.3, 0.4) is 0 Å². The fraction of sp³-hybridized carbons (Fsp3) is 0.200. The van der Waals surface area contributed by atoms with Gasteiger partial charge in [-0.25, -0.2) is 4.39 Å². The van der Waals surface area contributed by atoms with Gasteiger partial charge in [0.2, 0.25) is 0 Å². The Balaban J connectivity index is 1.49. The maximum absolute atomic E-state index is 13.4. The number of hydrogen-bond donors (Lipinski definition) is 2. The van der Waals surface area contributed by atoms with Gasteiger partial charge in [-0.2, -0.15) is 0 Å². The van der Waals surface area contributed by atoms with Crippen molar-refractivity contribution in [3.05, 3.63) is 114 Å². The lowest BCUT2D eigenvalue weighted by Gasteiger charge is -2.13. The van der Waals surface area contributed by atoms with Crippen LogP contribution < -0.4 is 5.32 Å². The number of nitrogens with one attached hydrogen (secondary N) is 1. The van der Waals surface area contributed by atoms with E-state index in [1.165, 1.54) is 17.7 Å². The summed E-state index contributed by atoms with van der Waals surface area (Å²) in [5, 5.41) is 13.1. The van der Waals surface area contributed by atoms with E-state index < -0.39 is 0 Å². The van der Waals surface area contributed by atoms with Crippen LogP contribution in [-0.2, 0) is 12.8 Å². The molecule has 0 aliphatic heterocycles. The molecule has 0 saturated heterocycles. The molecule has 4 aromatic rings. The average Bonchev–Trinajstić information content (AvgIpc) is 2.86. The molecule has 4 nitrogen and oxygen atoms in total. The smallest absolute Gasteiger partial charge is 0.123 e. The van der Waals surface area contributed by atoms with Crippen LogP contribution in [0.5, 0.6) is 0 Å². The topological polar surface area (TPSA) is 58.0 Å². The first-order valence-corrected chi connectivity index (χ1v) is 11.9. The zero-order valence-corrected chi connectivity index (χ0v) is 20.1. The summed E-state index contributed by atoms with van der Waals surface area (Å²) in [6, 6.07) is 22.8. The maximum atomic E-state index is 13.4. The summed E-state index contributed by atoms with van der Waals surface area (Å²) in [5.74, 6) is -0.277. The highest BCUT2D eigenvalue weighted by molar-refractivity contribution is 5.78. The lowest BCUT2D eigenvalue weighted by molar-refractivity contribution is 0.195. The summed E-state index contributed by atoms with van der Waals surface area (Å²) in [5.41, 5.74) is 7.72. The van der Waals surface area contributed by atoms with E-state index in [4.69, 9.17) is 0 Å². The van der Waals surface area contributed by atoms with Gasteiger partial charge in [0.05, 0.1) is 17.5 Å². The SMILES string of the molecule is CC/C=C(/Cc1ccc(CC(C)O)cc1)Nc1ccc(-c2nccnc2-c2ccc(F)cc2)cc1. The second kappa shape index (κ2) is 11.5. The summed E-state index contributed by atoms with van der Waals surface area (Å²) in [6.45, 7) is 3.93. The van der Waals surface area contributed by atoms with Crippen LogP contribution in [0.25, 0.3) is 22.5 Å². The number of benzene rings is 3. The fourth-order valence-electron chi connectivity index (χ4n) is 4.03. The first kappa shape index (κ1) is 24.3. The number of allylic oxidation sites excluding steroid dienone is 2. The molecule has 178 valence electrons. The standard InChI is InChI=1S/C30H30FN3O/c1-3-4-28(20-23-7-5-22(6-8-23)19-21(2)35)34-27-15-11-25(12-16-27)30-29(32-17-18-33-30)24-9-13-26(31)14-10-24/h4-18,21,34-35H,3,19-20H2,1-2H3/b28-4-. The van der Waals surface area contributed by atoms with Gasteiger partial charge in [0.15, 0.2) is 0 Å². The predicted molar refractivity (Wildman–Crippen MR) is 140 cm³/mol. The van der Waals surface area contributed by atoms with Crippen molar-refractivity contribution in [1.82, 2.24) is 9.97 Å². The van der Waals surface area contributed by atoms with Crippen molar-refractivity contribution in [1.29, 1.82) is 0 Å². The van der Waals surface area contributed by atoms with Crippen molar-refractivity contribution in [2.75, 3.05) is 5.32 Å².